The van der Waals surface area contributed by atoms with Crippen LogP contribution in [0.15, 0.2) is 18.3 Å². The number of carbonyl (C=O) groups is 2. The highest BCUT2D eigenvalue weighted by molar-refractivity contribution is 6.33. The number of anilines is 1. The van der Waals surface area contributed by atoms with Crippen molar-refractivity contribution in [3.8, 4) is 0 Å². The molecular weight excluding hydrogens is 563 g/mol. The van der Waals surface area contributed by atoms with Gasteiger partial charge in [-0.15, -0.1) is 0 Å². The molecule has 2 aromatic rings. The number of fused-ring (bicyclic) bond motifs is 1. The molecule has 4 heterocycles. The first-order chi connectivity index (χ1) is 20.3. The number of carbonyl (C=O) groups excluding carboxylic acids is 1. The summed E-state index contributed by atoms with van der Waals surface area (Å²) in [6.07, 6.45) is 7.40. The third kappa shape index (κ3) is 7.75. The Balaban J connectivity index is 1.06. The van der Waals surface area contributed by atoms with Crippen molar-refractivity contribution in [2.75, 3.05) is 51.7 Å². The van der Waals surface area contributed by atoms with Crippen molar-refractivity contribution in [1.82, 2.24) is 25.1 Å². The minimum Gasteiger partial charge on any atom is -0.480 e. The molecule has 12 heteroatoms. The lowest BCUT2D eigenvalue weighted by Crippen LogP contribution is -2.44. The smallest absolute Gasteiger partial charge is 0.326 e. The van der Waals surface area contributed by atoms with Gasteiger partial charge in [-0.2, -0.15) is 0 Å². The molecule has 2 aromatic heterocycles. The molecule has 10 nitrogen and oxygen atoms in total. The van der Waals surface area contributed by atoms with Crippen LogP contribution in [0.25, 0.3) is 0 Å². The fraction of sp³-hybridized carbons (Fsp3) is 0.600. The van der Waals surface area contributed by atoms with Gasteiger partial charge in [-0.25, -0.2) is 14.2 Å². The van der Waals surface area contributed by atoms with Crippen LogP contribution in [0.2, 0.25) is 5.02 Å². The van der Waals surface area contributed by atoms with E-state index in [9.17, 15) is 14.7 Å². The molecule has 1 saturated heterocycles. The van der Waals surface area contributed by atoms with Gasteiger partial charge in [0.15, 0.2) is 5.82 Å². The largest absolute Gasteiger partial charge is 0.480 e. The molecular formula is C30H40ClFN6O4. The molecule has 42 heavy (non-hydrogen) atoms. The third-order valence-corrected chi connectivity index (χ3v) is 8.84. The van der Waals surface area contributed by atoms with Crippen molar-refractivity contribution in [3.05, 3.63) is 51.7 Å². The number of ether oxygens (including phenoxy) is 1. The summed E-state index contributed by atoms with van der Waals surface area (Å²) < 4.78 is 21.2. The Labute approximate surface area is 251 Å². The number of nitrogens with zero attached hydrogens (tertiary/aromatic N) is 4. The van der Waals surface area contributed by atoms with Gasteiger partial charge < -0.3 is 25.4 Å². The maximum Gasteiger partial charge on any atom is 0.326 e. The van der Waals surface area contributed by atoms with Crippen LogP contribution < -0.4 is 10.6 Å². The zero-order valence-electron chi connectivity index (χ0n) is 24.1. The molecule has 3 aliphatic rings. The number of piperazine rings is 1. The van der Waals surface area contributed by atoms with E-state index < -0.39 is 23.7 Å². The summed E-state index contributed by atoms with van der Waals surface area (Å²) in [4.78, 5) is 38.0. The van der Waals surface area contributed by atoms with Crippen molar-refractivity contribution in [3.63, 3.8) is 0 Å². The molecule has 1 amide bonds. The summed E-state index contributed by atoms with van der Waals surface area (Å²) in [6.45, 7) is 4.63. The van der Waals surface area contributed by atoms with Crippen molar-refractivity contribution >= 4 is 29.3 Å². The van der Waals surface area contributed by atoms with E-state index in [1.54, 1.807) is 0 Å². The van der Waals surface area contributed by atoms with E-state index in [0.717, 1.165) is 82.8 Å². The van der Waals surface area contributed by atoms with E-state index in [2.05, 4.69) is 37.6 Å². The van der Waals surface area contributed by atoms with Crippen LogP contribution >= 0.6 is 11.6 Å². The maximum absolute atomic E-state index is 15.3. The van der Waals surface area contributed by atoms with Gasteiger partial charge in [-0.05, 0) is 63.1 Å². The molecule has 2 aliphatic heterocycles. The molecule has 0 bridgehead atoms. The van der Waals surface area contributed by atoms with E-state index in [1.165, 1.54) is 11.8 Å². The first kappa shape index (κ1) is 30.6. The summed E-state index contributed by atoms with van der Waals surface area (Å²) in [7, 11) is 2.03. The van der Waals surface area contributed by atoms with Gasteiger partial charge in [0.25, 0.3) is 5.91 Å². The number of carboxylic acid groups (broad SMARTS) is 1. The molecule has 5 rings (SSSR count). The summed E-state index contributed by atoms with van der Waals surface area (Å²) in [5.41, 5.74) is 2.12. The molecule has 0 radical (unpaired) electrons. The number of hydrogen-bond donors (Lipinski definition) is 3. The van der Waals surface area contributed by atoms with E-state index in [-0.39, 0.29) is 42.0 Å². The summed E-state index contributed by atoms with van der Waals surface area (Å²) in [5, 5.41) is 15.4. The number of aryl methyl sites for hydroxylation is 2. The van der Waals surface area contributed by atoms with Gasteiger partial charge in [-0.3, -0.25) is 14.7 Å². The molecule has 1 aliphatic carbocycles. The Kier molecular flexibility index (Phi) is 10.3. The minimum atomic E-state index is -1.23. The summed E-state index contributed by atoms with van der Waals surface area (Å²) >= 11 is 6.14. The number of hydrogen-bond acceptors (Lipinski definition) is 8. The van der Waals surface area contributed by atoms with Crippen molar-refractivity contribution < 1.29 is 23.8 Å². The SMILES string of the molecule is CN1CCN(Cc2ncc(Cl)c(C(=O)N[C@@H](CCO[C@H]3C[C@H](CCc4ccc5c(n4)NCCC5)C3)C(=O)O)c2F)CC1. The molecule has 0 spiro atoms. The molecule has 3 N–H and O–H groups in total. The van der Waals surface area contributed by atoms with Crippen LogP contribution in [0.4, 0.5) is 10.2 Å². The second-order valence-electron chi connectivity index (χ2n) is 11.7. The average Bonchev–Trinajstić information content (AvgIpc) is 2.95. The van der Waals surface area contributed by atoms with E-state index >= 15 is 4.39 Å². The van der Waals surface area contributed by atoms with Gasteiger partial charge in [0.2, 0.25) is 0 Å². The molecule has 2 fully saturated rings. The van der Waals surface area contributed by atoms with Gasteiger partial charge >= 0.3 is 5.97 Å². The number of pyridine rings is 2. The molecule has 0 unspecified atom stereocenters. The van der Waals surface area contributed by atoms with Crippen molar-refractivity contribution in [2.24, 2.45) is 5.92 Å². The minimum absolute atomic E-state index is 0.0623. The van der Waals surface area contributed by atoms with Gasteiger partial charge in [-0.1, -0.05) is 17.7 Å². The number of halogens is 2. The number of nitrogens with one attached hydrogen (secondary N) is 2. The number of carboxylic acids is 1. The van der Waals surface area contributed by atoms with Crippen LogP contribution in [0, 0.1) is 11.7 Å². The van der Waals surface area contributed by atoms with Gasteiger partial charge in [0.05, 0.1) is 22.4 Å². The van der Waals surface area contributed by atoms with E-state index in [0.29, 0.717) is 5.92 Å². The van der Waals surface area contributed by atoms with Crippen LogP contribution in [0.3, 0.4) is 0 Å². The van der Waals surface area contributed by atoms with Gasteiger partial charge in [0, 0.05) is 64.2 Å². The molecule has 1 atom stereocenters. The lowest BCUT2D eigenvalue weighted by atomic mass is 9.79. The van der Waals surface area contributed by atoms with E-state index in [1.807, 2.05) is 7.05 Å². The highest BCUT2D eigenvalue weighted by Crippen LogP contribution is 2.34. The second-order valence-corrected chi connectivity index (χ2v) is 12.1. The first-order valence-electron chi connectivity index (χ1n) is 14.9. The summed E-state index contributed by atoms with van der Waals surface area (Å²) in [5.74, 6) is -1.33. The Morgan fingerprint density at radius 3 is 2.81 bits per heavy atom. The fourth-order valence-corrected chi connectivity index (χ4v) is 6.01. The summed E-state index contributed by atoms with van der Waals surface area (Å²) in [6, 6.07) is 3.07. The Bertz CT molecular complexity index is 1270. The van der Waals surface area contributed by atoms with Crippen molar-refractivity contribution in [2.45, 2.75) is 63.6 Å². The number of aliphatic carboxylic acids is 1. The molecule has 0 aromatic carbocycles. The quantitative estimate of drug-likeness (QED) is 0.336. The topological polar surface area (TPSA) is 120 Å². The second kappa shape index (κ2) is 14.1. The number of likely N-dealkylation sites (N-methyl/N-ethyl adjacent to an activating group) is 1. The van der Waals surface area contributed by atoms with Crippen LogP contribution in [0.1, 0.15) is 59.4 Å². The monoisotopic (exact) mass is 602 g/mol. The van der Waals surface area contributed by atoms with Crippen LogP contribution in [0.5, 0.6) is 0 Å². The average molecular weight is 603 g/mol. The van der Waals surface area contributed by atoms with Crippen molar-refractivity contribution in [1.29, 1.82) is 0 Å². The highest BCUT2D eigenvalue weighted by atomic mass is 35.5. The zero-order valence-corrected chi connectivity index (χ0v) is 24.8. The predicted molar refractivity (Wildman–Crippen MR) is 157 cm³/mol. The lowest BCUT2D eigenvalue weighted by molar-refractivity contribution is -0.140. The lowest BCUT2D eigenvalue weighted by Gasteiger charge is -2.35. The molecule has 1 saturated carbocycles. The van der Waals surface area contributed by atoms with Gasteiger partial charge in [0.1, 0.15) is 11.9 Å². The highest BCUT2D eigenvalue weighted by Gasteiger charge is 2.31. The standard InChI is InChI=1S/C30H40ClFN6O4/c1-37-10-12-38(13-11-37)18-25-27(32)26(23(31)17-34-25)29(39)36-24(30(40)41)8-14-42-22-15-19(16-22)4-6-21-7-5-20-3-2-9-33-28(20)35-21/h5,7,17,19,22,24H,2-4,6,8-16,18H2,1H3,(H,33,35)(H,36,39)(H,40,41)/t19-,22-,24-/m0/s1. The van der Waals surface area contributed by atoms with E-state index in [4.69, 9.17) is 21.3 Å². The molecule has 228 valence electrons. The van der Waals surface area contributed by atoms with Crippen LogP contribution in [-0.4, -0.2) is 95.3 Å². The maximum atomic E-state index is 15.3. The number of aromatic nitrogens is 2. The Morgan fingerprint density at radius 2 is 2.05 bits per heavy atom. The fourth-order valence-electron chi connectivity index (χ4n) is 5.79. The predicted octanol–water partition coefficient (Wildman–Crippen LogP) is 3.38. The third-order valence-electron chi connectivity index (χ3n) is 8.56. The Morgan fingerprint density at radius 1 is 1.26 bits per heavy atom. The number of amides is 1. The normalized spacial score (nSPS) is 21.6. The zero-order chi connectivity index (χ0) is 29.6. The number of rotatable bonds is 12. The van der Waals surface area contributed by atoms with Crippen LogP contribution in [-0.2, 0) is 28.9 Å². The Hall–Kier alpha value is -2.86. The first-order valence-corrected chi connectivity index (χ1v) is 15.3.